The summed E-state index contributed by atoms with van der Waals surface area (Å²) in [6.07, 6.45) is 2.99. The van der Waals surface area contributed by atoms with Crippen LogP contribution in [0.4, 0.5) is 0 Å². The lowest BCUT2D eigenvalue weighted by atomic mass is 9.68. The lowest BCUT2D eigenvalue weighted by molar-refractivity contribution is -0.130. The normalized spacial score (nSPS) is 21.4. The fraction of sp³-hybridized carbons (Fsp3) is 0.500. The van der Waals surface area contributed by atoms with Crippen LogP contribution in [0.15, 0.2) is 54.6 Å². The van der Waals surface area contributed by atoms with Crippen LogP contribution in [0.5, 0.6) is 5.75 Å². The van der Waals surface area contributed by atoms with Crippen molar-refractivity contribution < 1.29 is 14.3 Å². The molecule has 2 aromatic carbocycles. The Labute approximate surface area is 181 Å². The number of para-hydroxylation sites is 1. The maximum absolute atomic E-state index is 12.4. The summed E-state index contributed by atoms with van der Waals surface area (Å²) < 4.78 is 11.9. The summed E-state index contributed by atoms with van der Waals surface area (Å²) >= 11 is 0. The molecule has 0 unspecified atom stereocenters. The molecule has 1 saturated heterocycles. The lowest BCUT2D eigenvalue weighted by Gasteiger charge is -2.44. The van der Waals surface area contributed by atoms with Crippen molar-refractivity contribution in [2.75, 3.05) is 20.3 Å². The van der Waals surface area contributed by atoms with E-state index in [1.54, 1.807) is 14.0 Å². The van der Waals surface area contributed by atoms with Gasteiger partial charge in [0.05, 0.1) is 13.2 Å². The van der Waals surface area contributed by atoms with E-state index >= 15 is 0 Å². The van der Waals surface area contributed by atoms with Crippen LogP contribution in [0.1, 0.15) is 51.2 Å². The van der Waals surface area contributed by atoms with E-state index < -0.39 is 0 Å². The highest BCUT2D eigenvalue weighted by Gasteiger charge is 2.41. The Morgan fingerprint density at radius 1 is 1.17 bits per heavy atom. The molecule has 30 heavy (non-hydrogen) atoms. The molecule has 2 aromatic rings. The zero-order chi connectivity index (χ0) is 21.6. The average molecular weight is 410 g/mol. The zero-order valence-electron chi connectivity index (χ0n) is 18.8. The summed E-state index contributed by atoms with van der Waals surface area (Å²) in [5, 5.41) is 0. The molecular weight excluding hydrogens is 374 g/mol. The molecule has 4 heteroatoms. The maximum Gasteiger partial charge on any atom is 0.219 e. The number of amides is 1. The molecule has 0 saturated carbocycles. The van der Waals surface area contributed by atoms with Gasteiger partial charge in [0, 0.05) is 37.6 Å². The molecule has 1 fully saturated rings. The van der Waals surface area contributed by atoms with E-state index in [0.29, 0.717) is 19.0 Å². The Kier molecular flexibility index (Phi) is 7.54. The molecule has 0 spiro atoms. The van der Waals surface area contributed by atoms with E-state index in [-0.39, 0.29) is 17.4 Å². The van der Waals surface area contributed by atoms with Crippen molar-refractivity contribution in [3.05, 3.63) is 65.7 Å². The summed E-state index contributed by atoms with van der Waals surface area (Å²) in [5.74, 6) is 1.49. The van der Waals surface area contributed by atoms with Crippen molar-refractivity contribution in [3.8, 4) is 5.75 Å². The topological polar surface area (TPSA) is 38.8 Å². The minimum atomic E-state index is -0.0653. The van der Waals surface area contributed by atoms with Crippen molar-refractivity contribution >= 4 is 5.91 Å². The first kappa shape index (κ1) is 22.4. The molecule has 0 N–H and O–H groups in total. The monoisotopic (exact) mass is 409 g/mol. The van der Waals surface area contributed by atoms with Gasteiger partial charge >= 0.3 is 0 Å². The van der Waals surface area contributed by atoms with Gasteiger partial charge in [-0.15, -0.1) is 0 Å². The van der Waals surface area contributed by atoms with E-state index in [9.17, 15) is 4.79 Å². The minimum absolute atomic E-state index is 0.0653. The van der Waals surface area contributed by atoms with Gasteiger partial charge in [-0.3, -0.25) is 4.79 Å². The molecule has 0 radical (unpaired) electrons. The van der Waals surface area contributed by atoms with E-state index in [0.717, 1.165) is 37.2 Å². The Morgan fingerprint density at radius 3 is 2.53 bits per heavy atom. The second-order valence-corrected chi connectivity index (χ2v) is 8.76. The molecule has 0 bridgehead atoms. The molecule has 2 atom stereocenters. The summed E-state index contributed by atoms with van der Waals surface area (Å²) in [5.41, 5.74) is 2.33. The van der Waals surface area contributed by atoms with Crippen molar-refractivity contribution in [2.24, 2.45) is 5.92 Å². The molecule has 1 aliphatic rings. The van der Waals surface area contributed by atoms with Crippen molar-refractivity contribution in [1.82, 2.24) is 4.90 Å². The average Bonchev–Trinajstić information content (AvgIpc) is 2.77. The number of carbonyl (C=O) groups is 1. The number of rotatable bonds is 8. The number of methoxy groups -OCH3 is 1. The van der Waals surface area contributed by atoms with Crippen molar-refractivity contribution in [2.45, 2.75) is 58.1 Å². The Hall–Kier alpha value is -2.33. The van der Waals surface area contributed by atoms with Crippen molar-refractivity contribution in [1.29, 1.82) is 0 Å². The number of carbonyl (C=O) groups excluding carboxylic acids is 1. The Bertz CT molecular complexity index is 820. The number of benzene rings is 2. The van der Waals surface area contributed by atoms with Crippen LogP contribution >= 0.6 is 0 Å². The highest BCUT2D eigenvalue weighted by molar-refractivity contribution is 5.73. The van der Waals surface area contributed by atoms with Crippen LogP contribution < -0.4 is 4.74 Å². The van der Waals surface area contributed by atoms with E-state index in [1.807, 2.05) is 35.2 Å². The molecule has 162 valence electrons. The third kappa shape index (κ3) is 5.23. The molecule has 4 nitrogen and oxygen atoms in total. The summed E-state index contributed by atoms with van der Waals surface area (Å²) in [4.78, 5) is 14.4. The Morgan fingerprint density at radius 2 is 1.87 bits per heavy atom. The van der Waals surface area contributed by atoms with Gasteiger partial charge in [-0.2, -0.15) is 0 Å². The molecule has 3 rings (SSSR count). The van der Waals surface area contributed by atoms with E-state index in [2.05, 4.69) is 38.1 Å². The minimum Gasteiger partial charge on any atom is -0.496 e. The van der Waals surface area contributed by atoms with Crippen LogP contribution in [0.25, 0.3) is 0 Å². The predicted octanol–water partition coefficient (Wildman–Crippen LogP) is 5.21. The number of nitrogens with zero attached hydrogens (tertiary/aromatic N) is 1. The molecule has 0 aliphatic carbocycles. The highest BCUT2D eigenvalue weighted by atomic mass is 16.5. The van der Waals surface area contributed by atoms with Gasteiger partial charge in [0.25, 0.3) is 0 Å². The molecule has 1 heterocycles. The van der Waals surface area contributed by atoms with Crippen LogP contribution in [0.3, 0.4) is 0 Å². The lowest BCUT2D eigenvalue weighted by Crippen LogP contribution is -2.43. The van der Waals surface area contributed by atoms with Crippen LogP contribution in [0.2, 0.25) is 0 Å². The fourth-order valence-electron chi connectivity index (χ4n) is 4.57. The fourth-order valence-corrected chi connectivity index (χ4v) is 4.57. The second kappa shape index (κ2) is 10.1. The third-order valence-corrected chi connectivity index (χ3v) is 6.45. The SMILES string of the molecule is COc1ccccc1[C@@]1(CCN(Cc2ccccc2)C(C)=O)CCO[C@H](C(C)C)C1. The summed E-state index contributed by atoms with van der Waals surface area (Å²) in [7, 11) is 1.74. The predicted molar refractivity (Wildman–Crippen MR) is 121 cm³/mol. The standard InChI is InChI=1S/C26H35NO3/c1-20(2)25-18-26(15-17-30-25,23-12-8-9-13-24(23)29-4)14-16-27(21(3)28)19-22-10-6-5-7-11-22/h5-13,20,25H,14-19H2,1-4H3/t25-,26-/m0/s1. The van der Waals surface area contributed by atoms with Crippen molar-refractivity contribution in [3.63, 3.8) is 0 Å². The zero-order valence-corrected chi connectivity index (χ0v) is 18.8. The molecular formula is C26H35NO3. The smallest absolute Gasteiger partial charge is 0.219 e. The largest absolute Gasteiger partial charge is 0.496 e. The van der Waals surface area contributed by atoms with Gasteiger partial charge in [0.2, 0.25) is 5.91 Å². The second-order valence-electron chi connectivity index (χ2n) is 8.76. The van der Waals surface area contributed by atoms with Crippen LogP contribution in [-0.2, 0) is 21.5 Å². The molecule has 0 aromatic heterocycles. The van der Waals surface area contributed by atoms with Gasteiger partial charge in [0.15, 0.2) is 0 Å². The van der Waals surface area contributed by atoms with Gasteiger partial charge in [0.1, 0.15) is 5.75 Å². The summed E-state index contributed by atoms with van der Waals surface area (Å²) in [6, 6.07) is 18.6. The Balaban J connectivity index is 1.87. The van der Waals surface area contributed by atoms with E-state index in [1.165, 1.54) is 5.56 Å². The molecule has 1 amide bonds. The first-order chi connectivity index (χ1) is 14.4. The first-order valence-corrected chi connectivity index (χ1v) is 11.0. The van der Waals surface area contributed by atoms with Crippen LogP contribution in [-0.4, -0.2) is 37.2 Å². The maximum atomic E-state index is 12.4. The highest BCUT2D eigenvalue weighted by Crippen LogP contribution is 2.45. The summed E-state index contributed by atoms with van der Waals surface area (Å²) in [6.45, 7) is 8.20. The first-order valence-electron chi connectivity index (χ1n) is 11.0. The molecule has 1 aliphatic heterocycles. The number of hydrogen-bond donors (Lipinski definition) is 0. The van der Waals surface area contributed by atoms with Crippen LogP contribution in [0, 0.1) is 5.92 Å². The quantitative estimate of drug-likeness (QED) is 0.601. The third-order valence-electron chi connectivity index (χ3n) is 6.45. The number of ether oxygens (including phenoxy) is 2. The van der Waals surface area contributed by atoms with Gasteiger partial charge in [-0.05, 0) is 36.8 Å². The van der Waals surface area contributed by atoms with Gasteiger partial charge in [-0.1, -0.05) is 62.4 Å². The van der Waals surface area contributed by atoms with Gasteiger partial charge < -0.3 is 14.4 Å². The number of hydrogen-bond acceptors (Lipinski definition) is 3. The van der Waals surface area contributed by atoms with E-state index in [4.69, 9.17) is 9.47 Å². The van der Waals surface area contributed by atoms with Gasteiger partial charge in [-0.25, -0.2) is 0 Å².